The van der Waals surface area contributed by atoms with Gasteiger partial charge in [-0.2, -0.15) is 4.98 Å². The van der Waals surface area contributed by atoms with Gasteiger partial charge in [0.2, 0.25) is 11.7 Å². The number of hydrogen-bond donors (Lipinski definition) is 0. The maximum absolute atomic E-state index is 12.2. The van der Waals surface area contributed by atoms with Crippen molar-refractivity contribution in [3.8, 4) is 11.5 Å². The Morgan fingerprint density at radius 3 is 2.96 bits per heavy atom. The summed E-state index contributed by atoms with van der Waals surface area (Å²) in [5.74, 6) is 1.14. The minimum absolute atomic E-state index is 0.173. The van der Waals surface area contributed by atoms with Crippen molar-refractivity contribution in [2.75, 3.05) is 19.7 Å². The van der Waals surface area contributed by atoms with Crippen LogP contribution in [0.3, 0.4) is 0 Å². The normalized spacial score (nSPS) is 18.1. The van der Waals surface area contributed by atoms with E-state index in [0.717, 1.165) is 18.4 Å². The first-order valence-electron chi connectivity index (χ1n) is 8.06. The molecule has 0 bridgehead atoms. The van der Waals surface area contributed by atoms with E-state index in [-0.39, 0.29) is 12.0 Å². The van der Waals surface area contributed by atoms with Crippen molar-refractivity contribution in [3.63, 3.8) is 0 Å². The fraction of sp³-hybridized carbons (Fsp3) is 0.471. The van der Waals surface area contributed by atoms with Crippen LogP contribution in [0.1, 0.15) is 38.1 Å². The summed E-state index contributed by atoms with van der Waals surface area (Å²) in [5, 5.41) is 4.02. The van der Waals surface area contributed by atoms with Crippen LogP contribution in [0.5, 0.6) is 0 Å². The molecule has 1 unspecified atom stereocenters. The van der Waals surface area contributed by atoms with Gasteiger partial charge in [0, 0.05) is 18.5 Å². The number of morpholine rings is 1. The van der Waals surface area contributed by atoms with Crippen molar-refractivity contribution in [3.05, 3.63) is 36.2 Å². The Bertz CT molecular complexity index is 642. The average Bonchev–Trinajstić information content (AvgIpc) is 3.11. The average molecular weight is 315 g/mol. The molecule has 1 aromatic carbocycles. The van der Waals surface area contributed by atoms with E-state index in [2.05, 4.69) is 17.1 Å². The van der Waals surface area contributed by atoms with Gasteiger partial charge in [-0.25, -0.2) is 0 Å². The lowest BCUT2D eigenvalue weighted by Crippen LogP contribution is -2.42. The SMILES string of the molecule is CCCCC(=O)N1CCOC(c2noc(-c3ccccc3)n2)C1. The van der Waals surface area contributed by atoms with Gasteiger partial charge < -0.3 is 14.2 Å². The van der Waals surface area contributed by atoms with Crippen LogP contribution in [0, 0.1) is 0 Å². The second-order valence-electron chi connectivity index (χ2n) is 5.63. The fourth-order valence-electron chi connectivity index (χ4n) is 2.58. The number of ether oxygens (including phenoxy) is 1. The Morgan fingerprint density at radius 2 is 2.17 bits per heavy atom. The van der Waals surface area contributed by atoms with Crippen molar-refractivity contribution in [2.45, 2.75) is 32.3 Å². The third-order valence-electron chi connectivity index (χ3n) is 3.91. The molecule has 1 aromatic heterocycles. The molecular formula is C17H21N3O3. The van der Waals surface area contributed by atoms with E-state index >= 15 is 0 Å². The molecule has 1 aliphatic rings. The number of aromatic nitrogens is 2. The Balaban J connectivity index is 1.67. The van der Waals surface area contributed by atoms with Crippen LogP contribution in [0.25, 0.3) is 11.5 Å². The van der Waals surface area contributed by atoms with E-state index in [4.69, 9.17) is 9.26 Å². The van der Waals surface area contributed by atoms with Gasteiger partial charge in [-0.3, -0.25) is 4.79 Å². The quantitative estimate of drug-likeness (QED) is 0.848. The standard InChI is InChI=1S/C17H21N3O3/c1-2-3-9-15(21)20-10-11-22-14(12-20)16-18-17(23-19-16)13-7-5-4-6-8-13/h4-8,14H,2-3,9-12H2,1H3. The zero-order chi connectivity index (χ0) is 16.1. The van der Waals surface area contributed by atoms with Gasteiger partial charge >= 0.3 is 0 Å². The highest BCUT2D eigenvalue weighted by molar-refractivity contribution is 5.76. The number of benzene rings is 1. The van der Waals surface area contributed by atoms with Crippen LogP contribution < -0.4 is 0 Å². The van der Waals surface area contributed by atoms with Gasteiger partial charge in [-0.05, 0) is 18.6 Å². The van der Waals surface area contributed by atoms with Crippen LogP contribution >= 0.6 is 0 Å². The van der Waals surface area contributed by atoms with Gasteiger partial charge in [0.15, 0.2) is 0 Å². The fourth-order valence-corrected chi connectivity index (χ4v) is 2.58. The molecule has 1 amide bonds. The largest absolute Gasteiger partial charge is 0.366 e. The molecular weight excluding hydrogens is 294 g/mol. The molecule has 2 heterocycles. The highest BCUT2D eigenvalue weighted by atomic mass is 16.5. The number of hydrogen-bond acceptors (Lipinski definition) is 5. The molecule has 0 saturated carbocycles. The topological polar surface area (TPSA) is 68.5 Å². The first-order chi connectivity index (χ1) is 11.3. The third kappa shape index (κ3) is 3.76. The van der Waals surface area contributed by atoms with Crippen molar-refractivity contribution in [1.29, 1.82) is 0 Å². The molecule has 122 valence electrons. The monoisotopic (exact) mass is 315 g/mol. The molecule has 3 rings (SSSR count). The highest BCUT2D eigenvalue weighted by Gasteiger charge is 2.28. The summed E-state index contributed by atoms with van der Waals surface area (Å²) in [7, 11) is 0. The van der Waals surface area contributed by atoms with Crippen LogP contribution in [0.4, 0.5) is 0 Å². The third-order valence-corrected chi connectivity index (χ3v) is 3.91. The van der Waals surface area contributed by atoms with Crippen LogP contribution in [0.15, 0.2) is 34.9 Å². The molecule has 6 heteroatoms. The number of rotatable bonds is 5. The van der Waals surface area contributed by atoms with Gasteiger partial charge in [-0.1, -0.05) is 36.7 Å². The minimum Gasteiger partial charge on any atom is -0.366 e. The predicted molar refractivity (Wildman–Crippen MR) is 84.5 cm³/mol. The van der Waals surface area contributed by atoms with Gasteiger partial charge in [0.25, 0.3) is 5.89 Å². The van der Waals surface area contributed by atoms with Crippen LogP contribution in [-0.2, 0) is 9.53 Å². The zero-order valence-electron chi connectivity index (χ0n) is 13.3. The number of nitrogens with zero attached hydrogens (tertiary/aromatic N) is 3. The Hall–Kier alpha value is -2.21. The van der Waals surface area contributed by atoms with E-state index in [0.29, 0.717) is 37.8 Å². The molecule has 1 saturated heterocycles. The summed E-state index contributed by atoms with van der Waals surface area (Å²) in [4.78, 5) is 18.4. The molecule has 0 radical (unpaired) electrons. The lowest BCUT2D eigenvalue weighted by atomic mass is 10.2. The summed E-state index contributed by atoms with van der Waals surface area (Å²) in [6.45, 7) is 3.69. The number of carbonyl (C=O) groups excluding carboxylic acids is 1. The number of carbonyl (C=O) groups is 1. The number of unbranched alkanes of at least 4 members (excludes halogenated alkanes) is 1. The van der Waals surface area contributed by atoms with Crippen molar-refractivity contribution in [1.82, 2.24) is 15.0 Å². The van der Waals surface area contributed by atoms with Crippen molar-refractivity contribution in [2.24, 2.45) is 0 Å². The van der Waals surface area contributed by atoms with E-state index in [1.807, 2.05) is 35.2 Å². The maximum atomic E-state index is 12.2. The summed E-state index contributed by atoms with van der Waals surface area (Å²) in [6, 6.07) is 9.61. The summed E-state index contributed by atoms with van der Waals surface area (Å²) >= 11 is 0. The Labute approximate surface area is 135 Å². The molecule has 1 atom stereocenters. The molecule has 6 nitrogen and oxygen atoms in total. The smallest absolute Gasteiger partial charge is 0.258 e. The summed E-state index contributed by atoms with van der Waals surface area (Å²) in [6.07, 6.45) is 2.20. The summed E-state index contributed by atoms with van der Waals surface area (Å²) in [5.41, 5.74) is 0.873. The number of amides is 1. The van der Waals surface area contributed by atoms with E-state index in [1.165, 1.54) is 0 Å². The Kier molecular flexibility index (Phi) is 5.02. The molecule has 23 heavy (non-hydrogen) atoms. The maximum Gasteiger partial charge on any atom is 0.258 e. The molecule has 1 aliphatic heterocycles. The van der Waals surface area contributed by atoms with E-state index in [9.17, 15) is 4.79 Å². The Morgan fingerprint density at radius 1 is 1.35 bits per heavy atom. The highest BCUT2D eigenvalue weighted by Crippen LogP contribution is 2.24. The molecule has 1 fully saturated rings. The van der Waals surface area contributed by atoms with Gasteiger partial charge in [0.1, 0.15) is 6.10 Å². The summed E-state index contributed by atoms with van der Waals surface area (Å²) < 4.78 is 11.0. The van der Waals surface area contributed by atoms with Crippen LogP contribution in [-0.4, -0.2) is 40.6 Å². The van der Waals surface area contributed by atoms with Gasteiger partial charge in [0.05, 0.1) is 13.2 Å². The van der Waals surface area contributed by atoms with Gasteiger partial charge in [-0.15, -0.1) is 0 Å². The van der Waals surface area contributed by atoms with Crippen molar-refractivity contribution >= 4 is 5.91 Å². The lowest BCUT2D eigenvalue weighted by Gasteiger charge is -2.31. The second kappa shape index (κ2) is 7.37. The molecule has 2 aromatic rings. The minimum atomic E-state index is -0.324. The molecule has 0 N–H and O–H groups in total. The van der Waals surface area contributed by atoms with Crippen molar-refractivity contribution < 1.29 is 14.1 Å². The van der Waals surface area contributed by atoms with Crippen LogP contribution in [0.2, 0.25) is 0 Å². The second-order valence-corrected chi connectivity index (χ2v) is 5.63. The van der Waals surface area contributed by atoms with E-state index < -0.39 is 0 Å². The first kappa shape index (κ1) is 15.7. The zero-order valence-corrected chi connectivity index (χ0v) is 13.3. The predicted octanol–water partition coefficient (Wildman–Crippen LogP) is 2.83. The molecule has 0 spiro atoms. The molecule has 0 aliphatic carbocycles. The lowest BCUT2D eigenvalue weighted by molar-refractivity contribution is -0.139. The first-order valence-corrected chi connectivity index (χ1v) is 8.06. The van der Waals surface area contributed by atoms with E-state index in [1.54, 1.807) is 0 Å².